The molecule has 1 aromatic rings. The van der Waals surface area contributed by atoms with Gasteiger partial charge in [-0.1, -0.05) is 6.92 Å². The molecule has 158 valence electrons. The Morgan fingerprint density at radius 3 is 2.34 bits per heavy atom. The molecule has 0 fully saturated rings. The number of ether oxygens (including phenoxy) is 2. The van der Waals surface area contributed by atoms with Crippen LogP contribution in [-0.4, -0.2) is 41.8 Å². The molecule has 0 heterocycles. The quantitative estimate of drug-likeness (QED) is 0.304. The summed E-state index contributed by atoms with van der Waals surface area (Å²) < 4.78 is 9.59. The fraction of sp³-hybridized carbons (Fsp3) is 0.444. The number of methoxy groups -OCH3 is 1. The van der Waals surface area contributed by atoms with Gasteiger partial charge in [0.25, 0.3) is 5.69 Å². The van der Waals surface area contributed by atoms with Gasteiger partial charge in [0, 0.05) is 24.5 Å². The Kier molecular flexibility index (Phi) is 9.23. The normalized spacial score (nSPS) is 12.3. The van der Waals surface area contributed by atoms with Crippen LogP contribution in [0, 0.1) is 16.0 Å². The number of nitrogens with one attached hydrogen (secondary N) is 1. The zero-order valence-electron chi connectivity index (χ0n) is 16.1. The summed E-state index contributed by atoms with van der Waals surface area (Å²) in [6, 6.07) is 4.06. The Hall–Kier alpha value is -3.50. The highest BCUT2D eigenvalue weighted by molar-refractivity contribution is 5.89. The number of hydrogen-bond acceptors (Lipinski definition) is 8. The zero-order valence-corrected chi connectivity index (χ0v) is 16.1. The molecule has 0 saturated heterocycles. The maximum absolute atomic E-state index is 12.3. The number of carbonyl (C=O) groups is 4. The molecule has 1 aromatic carbocycles. The number of non-ortho nitro benzene ring substituents is 1. The Morgan fingerprint density at radius 2 is 1.83 bits per heavy atom. The third kappa shape index (κ3) is 8.37. The van der Waals surface area contributed by atoms with Crippen LogP contribution in [-0.2, 0) is 35.3 Å². The summed E-state index contributed by atoms with van der Waals surface area (Å²) in [6.45, 7) is 1.35. The van der Waals surface area contributed by atoms with Crippen molar-refractivity contribution in [2.45, 2.75) is 38.8 Å². The summed E-state index contributed by atoms with van der Waals surface area (Å²) >= 11 is 0. The largest absolute Gasteiger partial charge is 0.469 e. The van der Waals surface area contributed by atoms with E-state index in [-0.39, 0.29) is 25.1 Å². The molecular weight excluding hydrogens is 386 g/mol. The second-order valence-electron chi connectivity index (χ2n) is 6.28. The first-order chi connectivity index (χ1) is 13.6. The molecule has 3 N–H and O–H groups in total. The highest BCUT2D eigenvalue weighted by Crippen LogP contribution is 2.13. The number of nitro benzene ring substituents is 1. The fourth-order valence-corrected chi connectivity index (χ4v) is 2.24. The van der Waals surface area contributed by atoms with Crippen LogP contribution in [0.15, 0.2) is 24.3 Å². The number of nitrogens with two attached hydrogens (primary N) is 1. The van der Waals surface area contributed by atoms with Crippen LogP contribution in [0.3, 0.4) is 0 Å². The van der Waals surface area contributed by atoms with Crippen LogP contribution in [0.4, 0.5) is 5.69 Å². The predicted molar refractivity (Wildman–Crippen MR) is 99.0 cm³/mol. The molecule has 0 aliphatic carbocycles. The summed E-state index contributed by atoms with van der Waals surface area (Å²) in [6.07, 6.45) is -0.246. The number of nitro groups is 1. The van der Waals surface area contributed by atoms with E-state index in [0.29, 0.717) is 5.56 Å². The second-order valence-corrected chi connectivity index (χ2v) is 6.28. The van der Waals surface area contributed by atoms with Gasteiger partial charge in [-0.25, -0.2) is 4.79 Å². The van der Waals surface area contributed by atoms with Crippen molar-refractivity contribution in [1.29, 1.82) is 0 Å². The van der Waals surface area contributed by atoms with Gasteiger partial charge in [0.05, 0.1) is 18.5 Å². The number of rotatable bonds is 11. The Labute approximate surface area is 166 Å². The van der Waals surface area contributed by atoms with Gasteiger partial charge in [-0.15, -0.1) is 0 Å². The van der Waals surface area contributed by atoms with Gasteiger partial charge in [-0.3, -0.25) is 24.5 Å². The molecule has 0 aliphatic heterocycles. The van der Waals surface area contributed by atoms with E-state index in [9.17, 15) is 29.3 Å². The molecule has 1 unspecified atom stereocenters. The zero-order chi connectivity index (χ0) is 22.0. The van der Waals surface area contributed by atoms with Gasteiger partial charge in [0.15, 0.2) is 0 Å². The predicted octanol–water partition coefficient (Wildman–Crippen LogP) is 0.588. The number of hydrogen-bond donors (Lipinski definition) is 2. The van der Waals surface area contributed by atoms with Gasteiger partial charge in [0.2, 0.25) is 11.8 Å². The molecule has 0 aromatic heterocycles. The van der Waals surface area contributed by atoms with Crippen molar-refractivity contribution >= 4 is 29.4 Å². The van der Waals surface area contributed by atoms with Crippen molar-refractivity contribution in [2.24, 2.45) is 11.7 Å². The van der Waals surface area contributed by atoms with E-state index in [1.54, 1.807) is 6.92 Å². The SMILES string of the molecule is COC(=O)CCC(C)C(=O)N[C@@H](CC(N)=O)C(=O)OCc1ccc([N+](=O)[O-])cc1. The van der Waals surface area contributed by atoms with Crippen molar-refractivity contribution < 1.29 is 33.6 Å². The lowest BCUT2D eigenvalue weighted by molar-refractivity contribution is -0.384. The molecule has 2 atom stereocenters. The van der Waals surface area contributed by atoms with Crippen LogP contribution in [0.5, 0.6) is 0 Å². The Morgan fingerprint density at radius 1 is 1.21 bits per heavy atom. The van der Waals surface area contributed by atoms with Gasteiger partial charge >= 0.3 is 11.9 Å². The average Bonchev–Trinajstić information content (AvgIpc) is 2.69. The minimum absolute atomic E-state index is 0.0240. The summed E-state index contributed by atoms with van der Waals surface area (Å²) in [5.41, 5.74) is 5.50. The molecule has 2 amide bonds. The first kappa shape index (κ1) is 23.5. The fourth-order valence-electron chi connectivity index (χ4n) is 2.24. The topological polar surface area (TPSA) is 168 Å². The van der Waals surface area contributed by atoms with E-state index >= 15 is 0 Å². The van der Waals surface area contributed by atoms with Crippen molar-refractivity contribution in [3.63, 3.8) is 0 Å². The summed E-state index contributed by atoms with van der Waals surface area (Å²) in [5.74, 6) is -3.33. The molecule has 11 nitrogen and oxygen atoms in total. The van der Waals surface area contributed by atoms with Crippen molar-refractivity contribution in [3.8, 4) is 0 Å². The summed E-state index contributed by atoms with van der Waals surface area (Å²) in [4.78, 5) is 57.0. The first-order valence-electron chi connectivity index (χ1n) is 8.69. The van der Waals surface area contributed by atoms with Crippen molar-refractivity contribution in [1.82, 2.24) is 5.32 Å². The highest BCUT2D eigenvalue weighted by atomic mass is 16.6. The minimum Gasteiger partial charge on any atom is -0.469 e. The summed E-state index contributed by atoms with van der Waals surface area (Å²) in [5, 5.41) is 13.0. The van der Waals surface area contributed by atoms with Crippen LogP contribution >= 0.6 is 0 Å². The maximum Gasteiger partial charge on any atom is 0.329 e. The van der Waals surface area contributed by atoms with Crippen LogP contribution in [0.1, 0.15) is 31.7 Å². The highest BCUT2D eigenvalue weighted by Gasteiger charge is 2.27. The molecule has 0 aliphatic rings. The molecule has 11 heteroatoms. The van der Waals surface area contributed by atoms with Gasteiger partial charge in [0.1, 0.15) is 12.6 Å². The van der Waals surface area contributed by atoms with Crippen LogP contribution < -0.4 is 11.1 Å². The van der Waals surface area contributed by atoms with Gasteiger partial charge < -0.3 is 20.5 Å². The number of esters is 2. The average molecular weight is 409 g/mol. The lowest BCUT2D eigenvalue weighted by atomic mass is 10.0. The molecular formula is C18H23N3O8. The lowest BCUT2D eigenvalue weighted by Crippen LogP contribution is -2.46. The number of amides is 2. The number of primary amides is 1. The lowest BCUT2D eigenvalue weighted by Gasteiger charge is -2.19. The third-order valence-corrected chi connectivity index (χ3v) is 3.99. The third-order valence-electron chi connectivity index (χ3n) is 3.99. The minimum atomic E-state index is -1.29. The molecule has 1 rings (SSSR count). The van der Waals surface area contributed by atoms with E-state index in [1.165, 1.54) is 31.4 Å². The van der Waals surface area contributed by atoms with Gasteiger partial charge in [-0.2, -0.15) is 0 Å². The van der Waals surface area contributed by atoms with Gasteiger partial charge in [-0.05, 0) is 24.1 Å². The second kappa shape index (κ2) is 11.4. The van der Waals surface area contributed by atoms with E-state index < -0.39 is 47.1 Å². The van der Waals surface area contributed by atoms with E-state index in [0.717, 1.165) is 0 Å². The van der Waals surface area contributed by atoms with E-state index in [4.69, 9.17) is 10.5 Å². The molecule has 0 bridgehead atoms. The Balaban J connectivity index is 2.67. The van der Waals surface area contributed by atoms with E-state index in [1.807, 2.05) is 0 Å². The van der Waals surface area contributed by atoms with Crippen LogP contribution in [0.2, 0.25) is 0 Å². The smallest absolute Gasteiger partial charge is 0.329 e. The van der Waals surface area contributed by atoms with E-state index in [2.05, 4.69) is 10.1 Å². The summed E-state index contributed by atoms with van der Waals surface area (Å²) in [7, 11) is 1.23. The van der Waals surface area contributed by atoms with Crippen molar-refractivity contribution in [3.05, 3.63) is 39.9 Å². The number of carbonyl (C=O) groups excluding carboxylic acids is 4. The molecule has 0 saturated carbocycles. The molecule has 29 heavy (non-hydrogen) atoms. The molecule has 0 spiro atoms. The first-order valence-corrected chi connectivity index (χ1v) is 8.69. The van der Waals surface area contributed by atoms with Crippen LogP contribution in [0.25, 0.3) is 0 Å². The molecule has 0 radical (unpaired) electrons. The monoisotopic (exact) mass is 409 g/mol. The van der Waals surface area contributed by atoms with Crippen molar-refractivity contribution in [2.75, 3.05) is 7.11 Å². The number of nitrogens with zero attached hydrogens (tertiary/aromatic N) is 1. The number of benzene rings is 1. The maximum atomic E-state index is 12.3. The Bertz CT molecular complexity index is 763. The standard InChI is InChI=1S/C18H23N3O8/c1-11(3-8-16(23)28-2)17(24)20-14(9-15(19)22)18(25)29-10-12-4-6-13(7-5-12)21(26)27/h4-7,11,14H,3,8-10H2,1-2H3,(H2,19,22)(H,20,24)/t11?,14-/m0/s1.